The van der Waals surface area contributed by atoms with Crippen molar-refractivity contribution in [3.8, 4) is 22.3 Å². The van der Waals surface area contributed by atoms with E-state index >= 15 is 0 Å². The Morgan fingerprint density at radius 1 is 0.964 bits per heavy atom. The van der Waals surface area contributed by atoms with Crippen molar-refractivity contribution in [3.63, 3.8) is 0 Å². The second-order valence-electron chi connectivity index (χ2n) is 6.49. The Kier molecular flexibility index (Phi) is 4.95. The second-order valence-corrected chi connectivity index (χ2v) is 7.24. The van der Waals surface area contributed by atoms with Gasteiger partial charge in [0.1, 0.15) is 4.88 Å². The highest BCUT2D eigenvalue weighted by atomic mass is 32.1. The third-order valence-corrected chi connectivity index (χ3v) is 5.37. The summed E-state index contributed by atoms with van der Waals surface area (Å²) in [6.45, 7) is 3.87. The number of carbonyl (C=O) groups excluding carboxylic acids is 1. The van der Waals surface area contributed by atoms with Crippen LogP contribution in [0.15, 0.2) is 67.0 Å². The summed E-state index contributed by atoms with van der Waals surface area (Å²) >= 11 is 1.10. The van der Waals surface area contributed by atoms with Crippen LogP contribution in [0.4, 0.5) is 5.69 Å². The van der Waals surface area contributed by atoms with Gasteiger partial charge in [-0.1, -0.05) is 34.8 Å². The summed E-state index contributed by atoms with van der Waals surface area (Å²) in [6, 6.07) is 18.2. The van der Waals surface area contributed by atoms with Crippen LogP contribution in [0.1, 0.15) is 20.9 Å². The van der Waals surface area contributed by atoms with Gasteiger partial charge in [-0.25, -0.2) is 0 Å². The van der Waals surface area contributed by atoms with E-state index < -0.39 is 0 Å². The van der Waals surface area contributed by atoms with E-state index in [1.54, 1.807) is 13.1 Å². The summed E-state index contributed by atoms with van der Waals surface area (Å²) in [6.07, 6.45) is 3.64. The maximum absolute atomic E-state index is 12.3. The van der Waals surface area contributed by atoms with Crippen LogP contribution < -0.4 is 5.32 Å². The normalized spacial score (nSPS) is 10.6. The zero-order valence-electron chi connectivity index (χ0n) is 15.5. The second kappa shape index (κ2) is 7.70. The Labute approximate surface area is 167 Å². The van der Waals surface area contributed by atoms with Crippen LogP contribution in [0.5, 0.6) is 0 Å². The predicted molar refractivity (Wildman–Crippen MR) is 112 cm³/mol. The largest absolute Gasteiger partial charge is 0.321 e. The molecule has 0 aliphatic heterocycles. The van der Waals surface area contributed by atoms with Crippen molar-refractivity contribution >= 4 is 23.1 Å². The summed E-state index contributed by atoms with van der Waals surface area (Å²) in [4.78, 5) is 17.1. The molecule has 0 atom stereocenters. The van der Waals surface area contributed by atoms with E-state index in [1.165, 1.54) is 5.56 Å². The van der Waals surface area contributed by atoms with Crippen LogP contribution in [0.3, 0.4) is 0 Å². The highest BCUT2D eigenvalue weighted by Gasteiger charge is 2.13. The van der Waals surface area contributed by atoms with E-state index in [1.807, 2.05) is 36.5 Å². The molecule has 2 aromatic heterocycles. The van der Waals surface area contributed by atoms with Gasteiger partial charge < -0.3 is 5.32 Å². The van der Waals surface area contributed by atoms with Gasteiger partial charge in [-0.05, 0) is 71.9 Å². The van der Waals surface area contributed by atoms with Crippen molar-refractivity contribution in [2.24, 2.45) is 0 Å². The van der Waals surface area contributed by atoms with Gasteiger partial charge in [0.2, 0.25) is 0 Å². The van der Waals surface area contributed by atoms with E-state index in [-0.39, 0.29) is 5.91 Å². The van der Waals surface area contributed by atoms with Crippen molar-refractivity contribution in [1.29, 1.82) is 0 Å². The number of rotatable bonds is 4. The summed E-state index contributed by atoms with van der Waals surface area (Å²) < 4.78 is 3.81. The molecule has 4 aromatic rings. The number of hydrogen-bond acceptors (Lipinski definition) is 5. The third kappa shape index (κ3) is 3.68. The SMILES string of the molecule is Cc1ccc(-c2cccnc2)cc1-c1ccc(NC(=O)c2snnc2C)cc1. The zero-order chi connectivity index (χ0) is 19.5. The number of amides is 1. The highest BCUT2D eigenvalue weighted by Crippen LogP contribution is 2.30. The Morgan fingerprint density at radius 2 is 1.75 bits per heavy atom. The molecule has 0 saturated carbocycles. The quantitative estimate of drug-likeness (QED) is 0.527. The molecular formula is C22H18N4OS. The van der Waals surface area contributed by atoms with E-state index in [2.05, 4.69) is 51.1 Å². The molecule has 0 aliphatic rings. The number of nitrogens with zero attached hydrogens (tertiary/aromatic N) is 3. The van der Waals surface area contributed by atoms with Crippen molar-refractivity contribution < 1.29 is 4.79 Å². The fraction of sp³-hybridized carbons (Fsp3) is 0.0909. The molecule has 0 fully saturated rings. The van der Waals surface area contributed by atoms with E-state index in [9.17, 15) is 4.79 Å². The first-order chi connectivity index (χ1) is 13.6. The topological polar surface area (TPSA) is 67.8 Å². The number of nitrogens with one attached hydrogen (secondary N) is 1. The van der Waals surface area contributed by atoms with Crippen LogP contribution in [0.2, 0.25) is 0 Å². The number of aromatic nitrogens is 3. The molecule has 138 valence electrons. The predicted octanol–water partition coefficient (Wildman–Crippen LogP) is 5.14. The zero-order valence-corrected chi connectivity index (χ0v) is 16.3. The van der Waals surface area contributed by atoms with Crippen LogP contribution in [0.25, 0.3) is 22.3 Å². The summed E-state index contributed by atoms with van der Waals surface area (Å²) in [5.41, 5.74) is 7.03. The molecular weight excluding hydrogens is 368 g/mol. The standard InChI is InChI=1S/C22H18N4OS/c1-14-5-6-17(18-4-3-11-23-13-18)12-20(14)16-7-9-19(10-8-16)24-22(27)21-15(2)25-26-28-21/h3-13H,1-2H3,(H,24,27). The Balaban J connectivity index is 1.59. The maximum Gasteiger partial charge on any atom is 0.269 e. The monoisotopic (exact) mass is 386 g/mol. The Bertz CT molecular complexity index is 1120. The fourth-order valence-corrected chi connectivity index (χ4v) is 3.56. The minimum Gasteiger partial charge on any atom is -0.321 e. The number of anilines is 1. The number of aryl methyl sites for hydroxylation is 2. The van der Waals surface area contributed by atoms with Gasteiger partial charge in [-0.3, -0.25) is 9.78 Å². The Hall–Kier alpha value is -3.38. The first-order valence-corrected chi connectivity index (χ1v) is 9.61. The smallest absolute Gasteiger partial charge is 0.269 e. The molecule has 0 saturated heterocycles. The van der Waals surface area contributed by atoms with Gasteiger partial charge in [0.05, 0.1) is 5.69 Å². The molecule has 28 heavy (non-hydrogen) atoms. The van der Waals surface area contributed by atoms with Crippen LogP contribution in [-0.2, 0) is 0 Å². The molecule has 1 N–H and O–H groups in total. The highest BCUT2D eigenvalue weighted by molar-refractivity contribution is 7.08. The van der Waals surface area contributed by atoms with Gasteiger partial charge in [0, 0.05) is 23.6 Å². The van der Waals surface area contributed by atoms with Gasteiger partial charge in [0.25, 0.3) is 5.91 Å². The molecule has 6 heteroatoms. The molecule has 0 radical (unpaired) electrons. The average molecular weight is 386 g/mol. The lowest BCUT2D eigenvalue weighted by Gasteiger charge is -2.11. The van der Waals surface area contributed by atoms with Gasteiger partial charge in [0.15, 0.2) is 0 Å². The van der Waals surface area contributed by atoms with Crippen molar-refractivity contribution in [2.75, 3.05) is 5.32 Å². The van der Waals surface area contributed by atoms with Crippen molar-refractivity contribution in [1.82, 2.24) is 14.6 Å². The number of hydrogen-bond donors (Lipinski definition) is 1. The molecule has 2 aromatic carbocycles. The average Bonchev–Trinajstić information content (AvgIpc) is 3.16. The van der Waals surface area contributed by atoms with Crippen molar-refractivity contribution in [3.05, 3.63) is 83.1 Å². The van der Waals surface area contributed by atoms with E-state index in [0.717, 1.165) is 39.5 Å². The molecule has 0 spiro atoms. The summed E-state index contributed by atoms with van der Waals surface area (Å²) in [5, 5.41) is 6.78. The van der Waals surface area contributed by atoms with Gasteiger partial charge in [-0.15, -0.1) is 5.10 Å². The summed E-state index contributed by atoms with van der Waals surface area (Å²) in [7, 11) is 0. The Morgan fingerprint density at radius 3 is 2.43 bits per heavy atom. The lowest BCUT2D eigenvalue weighted by Crippen LogP contribution is -2.11. The molecule has 1 amide bonds. The maximum atomic E-state index is 12.3. The number of pyridine rings is 1. The first kappa shape index (κ1) is 18.0. The van der Waals surface area contributed by atoms with Crippen LogP contribution in [0, 0.1) is 13.8 Å². The van der Waals surface area contributed by atoms with Gasteiger partial charge >= 0.3 is 0 Å². The molecule has 0 aliphatic carbocycles. The third-order valence-electron chi connectivity index (χ3n) is 4.54. The summed E-state index contributed by atoms with van der Waals surface area (Å²) in [5.74, 6) is -0.185. The van der Waals surface area contributed by atoms with Gasteiger partial charge in [-0.2, -0.15) is 0 Å². The van der Waals surface area contributed by atoms with E-state index in [0.29, 0.717) is 10.6 Å². The lowest BCUT2D eigenvalue weighted by molar-refractivity contribution is 0.103. The lowest BCUT2D eigenvalue weighted by atomic mass is 9.96. The molecule has 0 unspecified atom stereocenters. The van der Waals surface area contributed by atoms with Crippen LogP contribution >= 0.6 is 11.5 Å². The molecule has 0 bridgehead atoms. The molecule has 4 rings (SSSR count). The number of carbonyl (C=O) groups is 1. The van der Waals surface area contributed by atoms with Crippen molar-refractivity contribution in [2.45, 2.75) is 13.8 Å². The minimum atomic E-state index is -0.185. The molecule has 5 nitrogen and oxygen atoms in total. The minimum absolute atomic E-state index is 0.185. The number of benzene rings is 2. The molecule has 2 heterocycles. The first-order valence-electron chi connectivity index (χ1n) is 8.83. The van der Waals surface area contributed by atoms with E-state index in [4.69, 9.17) is 0 Å². The fourth-order valence-electron chi connectivity index (χ4n) is 3.01. The van der Waals surface area contributed by atoms with Crippen LogP contribution in [-0.4, -0.2) is 20.5 Å².